The summed E-state index contributed by atoms with van der Waals surface area (Å²) in [5.74, 6) is -0.103. The van der Waals surface area contributed by atoms with Gasteiger partial charge in [-0.3, -0.25) is 9.59 Å². The first-order valence-corrected chi connectivity index (χ1v) is 10.3. The third-order valence-electron chi connectivity index (χ3n) is 6.24. The zero-order valence-corrected chi connectivity index (χ0v) is 15.7. The highest BCUT2D eigenvalue weighted by atomic mass is 32.1. The van der Waals surface area contributed by atoms with E-state index >= 15 is 0 Å². The minimum Gasteiger partial charge on any atom is -0.393 e. The average molecular weight is 378 g/mol. The van der Waals surface area contributed by atoms with Crippen molar-refractivity contribution >= 4 is 23.2 Å². The molecule has 0 aromatic carbocycles. The number of aliphatic hydroxyl groups is 1. The highest BCUT2D eigenvalue weighted by molar-refractivity contribution is 7.09. The molecule has 1 aromatic heterocycles. The lowest BCUT2D eigenvalue weighted by molar-refractivity contribution is -0.142. The van der Waals surface area contributed by atoms with Crippen LogP contribution in [0.4, 0.5) is 0 Å². The molecule has 3 heterocycles. The molecule has 6 nitrogen and oxygen atoms in total. The number of carbonyl (C=O) groups excluding carboxylic acids is 2. The lowest BCUT2D eigenvalue weighted by atomic mass is 9.71. The zero-order valence-electron chi connectivity index (χ0n) is 14.9. The van der Waals surface area contributed by atoms with Crippen LogP contribution in [0, 0.1) is 17.3 Å². The van der Waals surface area contributed by atoms with Crippen molar-refractivity contribution in [3.05, 3.63) is 22.4 Å². The van der Waals surface area contributed by atoms with Crippen molar-refractivity contribution in [1.29, 1.82) is 0 Å². The first-order chi connectivity index (χ1) is 12.6. The van der Waals surface area contributed by atoms with Gasteiger partial charge in [-0.2, -0.15) is 0 Å². The van der Waals surface area contributed by atoms with Gasteiger partial charge in [0.15, 0.2) is 0 Å². The van der Waals surface area contributed by atoms with Crippen LogP contribution >= 0.6 is 11.3 Å². The van der Waals surface area contributed by atoms with Crippen molar-refractivity contribution in [3.8, 4) is 0 Å². The number of carbonyl (C=O) groups is 2. The lowest BCUT2D eigenvalue weighted by Gasteiger charge is -2.37. The maximum absolute atomic E-state index is 13.0. The first kappa shape index (κ1) is 17.9. The molecule has 7 heteroatoms. The van der Waals surface area contributed by atoms with Gasteiger partial charge in [-0.05, 0) is 37.1 Å². The van der Waals surface area contributed by atoms with E-state index in [0.29, 0.717) is 45.7 Å². The Labute approximate surface area is 157 Å². The summed E-state index contributed by atoms with van der Waals surface area (Å²) in [5.41, 5.74) is -0.171. The highest BCUT2D eigenvalue weighted by Gasteiger charge is 2.52. The number of aliphatic hydroxyl groups excluding tert-OH is 1. The molecule has 1 unspecified atom stereocenters. The molecule has 4 rings (SSSR count). The summed E-state index contributed by atoms with van der Waals surface area (Å²) >= 11 is 1.63. The zero-order chi connectivity index (χ0) is 18.1. The van der Waals surface area contributed by atoms with E-state index in [2.05, 4.69) is 5.32 Å². The molecule has 0 radical (unpaired) electrons. The molecule has 1 saturated carbocycles. The van der Waals surface area contributed by atoms with Crippen LogP contribution < -0.4 is 5.32 Å². The summed E-state index contributed by atoms with van der Waals surface area (Å²) in [7, 11) is 0. The van der Waals surface area contributed by atoms with Crippen LogP contribution in [0.1, 0.15) is 30.6 Å². The monoisotopic (exact) mass is 378 g/mol. The third-order valence-corrected chi connectivity index (χ3v) is 7.12. The molecule has 2 aliphatic heterocycles. The van der Waals surface area contributed by atoms with Gasteiger partial charge in [0, 0.05) is 42.5 Å². The Balaban J connectivity index is 1.45. The molecule has 1 atom stereocenters. The summed E-state index contributed by atoms with van der Waals surface area (Å²) in [6.45, 7) is 2.97. The van der Waals surface area contributed by atoms with Gasteiger partial charge in [0.05, 0.1) is 18.6 Å². The summed E-state index contributed by atoms with van der Waals surface area (Å²) < 4.78 is 5.53. The quantitative estimate of drug-likeness (QED) is 0.830. The molecule has 3 fully saturated rings. The van der Waals surface area contributed by atoms with E-state index in [-0.39, 0.29) is 35.2 Å². The predicted octanol–water partition coefficient (Wildman–Crippen LogP) is 1.39. The van der Waals surface area contributed by atoms with Crippen molar-refractivity contribution in [2.45, 2.75) is 38.3 Å². The number of hydrogen-bond donors (Lipinski definition) is 2. The van der Waals surface area contributed by atoms with Crippen molar-refractivity contribution in [1.82, 2.24) is 10.2 Å². The Morgan fingerprint density at radius 2 is 2.12 bits per heavy atom. The molecule has 26 heavy (non-hydrogen) atoms. The Kier molecular flexibility index (Phi) is 5.03. The van der Waals surface area contributed by atoms with Gasteiger partial charge >= 0.3 is 0 Å². The van der Waals surface area contributed by atoms with Gasteiger partial charge in [0.2, 0.25) is 11.8 Å². The van der Waals surface area contributed by atoms with Crippen LogP contribution in [0.3, 0.4) is 0 Å². The minimum atomic E-state index is -0.339. The van der Waals surface area contributed by atoms with E-state index in [1.165, 1.54) is 0 Å². The second-order valence-electron chi connectivity index (χ2n) is 7.87. The SMILES string of the molecule is O=C(NCc1cccs1)C1CN(C(=O)C2CC(O)C2)CC12CCOCC2. The number of nitrogens with one attached hydrogen (secondary N) is 1. The summed E-state index contributed by atoms with van der Waals surface area (Å²) in [4.78, 5) is 28.7. The predicted molar refractivity (Wildman–Crippen MR) is 97.5 cm³/mol. The third kappa shape index (κ3) is 3.40. The van der Waals surface area contributed by atoms with Gasteiger partial charge in [-0.25, -0.2) is 0 Å². The molecule has 1 aliphatic carbocycles. The number of likely N-dealkylation sites (tertiary alicyclic amines) is 1. The summed E-state index contributed by atoms with van der Waals surface area (Å²) in [6, 6.07) is 4.00. The normalized spacial score (nSPS) is 30.2. The number of hydrogen-bond acceptors (Lipinski definition) is 5. The number of thiophene rings is 1. The lowest BCUT2D eigenvalue weighted by Crippen LogP contribution is -2.44. The Morgan fingerprint density at radius 1 is 1.35 bits per heavy atom. The fourth-order valence-electron chi connectivity index (χ4n) is 4.54. The number of nitrogens with zero attached hydrogens (tertiary/aromatic N) is 1. The van der Waals surface area contributed by atoms with Crippen LogP contribution in [0.2, 0.25) is 0 Å². The molecule has 2 saturated heterocycles. The fourth-order valence-corrected chi connectivity index (χ4v) is 5.19. The van der Waals surface area contributed by atoms with E-state index in [1.807, 2.05) is 22.4 Å². The molecule has 2 amide bonds. The highest BCUT2D eigenvalue weighted by Crippen LogP contribution is 2.45. The molecular formula is C19H26N2O4S. The van der Waals surface area contributed by atoms with Crippen LogP contribution in [0.5, 0.6) is 0 Å². The maximum atomic E-state index is 13.0. The first-order valence-electron chi connectivity index (χ1n) is 9.42. The number of ether oxygens (including phenoxy) is 1. The second-order valence-corrected chi connectivity index (χ2v) is 8.90. The van der Waals surface area contributed by atoms with E-state index in [0.717, 1.165) is 17.7 Å². The minimum absolute atomic E-state index is 0.0456. The molecule has 1 spiro atoms. The molecule has 142 valence electrons. The van der Waals surface area contributed by atoms with Crippen LogP contribution in [-0.2, 0) is 20.9 Å². The van der Waals surface area contributed by atoms with Gasteiger partial charge in [0.25, 0.3) is 0 Å². The standard InChI is InChI=1S/C19H26N2O4S/c22-14-8-13(9-14)18(24)21-11-16(19(12-21)3-5-25-6-4-19)17(23)20-10-15-2-1-7-26-15/h1-2,7,13-14,16,22H,3-6,8-12H2,(H,20,23). The van der Waals surface area contributed by atoms with Crippen molar-refractivity contribution in [2.24, 2.45) is 17.3 Å². The molecule has 0 bridgehead atoms. The molecular weight excluding hydrogens is 352 g/mol. The van der Waals surface area contributed by atoms with E-state index in [1.54, 1.807) is 11.3 Å². The molecule has 2 N–H and O–H groups in total. The van der Waals surface area contributed by atoms with Crippen molar-refractivity contribution < 1.29 is 19.4 Å². The van der Waals surface area contributed by atoms with E-state index < -0.39 is 0 Å². The average Bonchev–Trinajstić information content (AvgIpc) is 3.25. The molecule has 1 aromatic rings. The Bertz CT molecular complexity index is 651. The van der Waals surface area contributed by atoms with Crippen LogP contribution in [0.25, 0.3) is 0 Å². The smallest absolute Gasteiger partial charge is 0.225 e. The van der Waals surface area contributed by atoms with Gasteiger partial charge < -0.3 is 20.1 Å². The largest absolute Gasteiger partial charge is 0.393 e. The second kappa shape index (κ2) is 7.29. The maximum Gasteiger partial charge on any atom is 0.225 e. The van der Waals surface area contributed by atoms with Gasteiger partial charge in [0.1, 0.15) is 0 Å². The van der Waals surface area contributed by atoms with Gasteiger partial charge in [-0.15, -0.1) is 11.3 Å². The Morgan fingerprint density at radius 3 is 2.77 bits per heavy atom. The van der Waals surface area contributed by atoms with E-state index in [4.69, 9.17) is 4.74 Å². The Hall–Kier alpha value is -1.44. The van der Waals surface area contributed by atoms with Crippen molar-refractivity contribution in [2.75, 3.05) is 26.3 Å². The fraction of sp³-hybridized carbons (Fsp3) is 0.684. The van der Waals surface area contributed by atoms with Crippen LogP contribution in [-0.4, -0.2) is 54.2 Å². The van der Waals surface area contributed by atoms with E-state index in [9.17, 15) is 14.7 Å². The van der Waals surface area contributed by atoms with Crippen LogP contribution in [0.15, 0.2) is 17.5 Å². The van der Waals surface area contributed by atoms with Crippen molar-refractivity contribution in [3.63, 3.8) is 0 Å². The molecule has 3 aliphatic rings. The summed E-state index contributed by atoms with van der Waals surface area (Å²) in [6.07, 6.45) is 2.41. The number of amides is 2. The summed E-state index contributed by atoms with van der Waals surface area (Å²) in [5, 5.41) is 14.6. The number of rotatable bonds is 4. The van der Waals surface area contributed by atoms with Gasteiger partial charge in [-0.1, -0.05) is 6.07 Å². The topological polar surface area (TPSA) is 78.9 Å².